The first kappa shape index (κ1) is 10.1. The summed E-state index contributed by atoms with van der Waals surface area (Å²) < 4.78 is 1.57. The van der Waals surface area contributed by atoms with Crippen molar-refractivity contribution in [3.63, 3.8) is 0 Å². The molecule has 4 nitrogen and oxygen atoms in total. The van der Waals surface area contributed by atoms with Crippen LogP contribution in [0.15, 0.2) is 36.5 Å². The van der Waals surface area contributed by atoms with Crippen LogP contribution in [0.4, 0.5) is 0 Å². The highest BCUT2D eigenvalue weighted by molar-refractivity contribution is 5.85. The molecule has 0 spiro atoms. The third-order valence-corrected chi connectivity index (χ3v) is 3.29. The number of fused-ring (bicyclic) bond motifs is 1. The Balaban J connectivity index is 1.82. The summed E-state index contributed by atoms with van der Waals surface area (Å²) in [6.45, 7) is 0.644. The molecule has 0 saturated heterocycles. The summed E-state index contributed by atoms with van der Waals surface area (Å²) >= 11 is 0. The highest BCUT2D eigenvalue weighted by atomic mass is 16.4. The predicted octanol–water partition coefficient (Wildman–Crippen LogP) is 1.92. The van der Waals surface area contributed by atoms with Crippen LogP contribution < -0.4 is 0 Å². The van der Waals surface area contributed by atoms with Crippen LogP contribution in [-0.4, -0.2) is 20.9 Å². The molecule has 1 unspecified atom stereocenters. The van der Waals surface area contributed by atoms with Gasteiger partial charge in [-0.2, -0.15) is 5.10 Å². The summed E-state index contributed by atoms with van der Waals surface area (Å²) in [7, 11) is 0. The zero-order chi connectivity index (χ0) is 11.8. The SMILES string of the molecule is O=C(O)c1ccnn1CC1Cc2ccccc21. The van der Waals surface area contributed by atoms with Crippen LogP contribution in [0.5, 0.6) is 0 Å². The Morgan fingerprint density at radius 2 is 2.24 bits per heavy atom. The summed E-state index contributed by atoms with van der Waals surface area (Å²) in [6.07, 6.45) is 2.54. The molecule has 1 heterocycles. The van der Waals surface area contributed by atoms with Crippen LogP contribution in [0.25, 0.3) is 0 Å². The van der Waals surface area contributed by atoms with Crippen LogP contribution >= 0.6 is 0 Å². The molecule has 0 amide bonds. The van der Waals surface area contributed by atoms with Gasteiger partial charge in [-0.15, -0.1) is 0 Å². The number of hydrogen-bond acceptors (Lipinski definition) is 2. The highest BCUT2D eigenvalue weighted by Crippen LogP contribution is 2.35. The number of carboxylic acids is 1. The van der Waals surface area contributed by atoms with Gasteiger partial charge in [-0.25, -0.2) is 4.79 Å². The van der Waals surface area contributed by atoms with Gasteiger partial charge in [-0.1, -0.05) is 24.3 Å². The van der Waals surface area contributed by atoms with E-state index in [9.17, 15) is 4.79 Å². The molecule has 17 heavy (non-hydrogen) atoms. The molecule has 0 bridgehead atoms. The van der Waals surface area contributed by atoms with Crippen molar-refractivity contribution >= 4 is 5.97 Å². The first-order valence-electron chi connectivity index (χ1n) is 5.58. The number of rotatable bonds is 3. The Bertz CT molecular complexity index is 574. The lowest BCUT2D eigenvalue weighted by atomic mass is 9.77. The topological polar surface area (TPSA) is 55.1 Å². The minimum atomic E-state index is -0.921. The van der Waals surface area contributed by atoms with E-state index < -0.39 is 5.97 Å². The van der Waals surface area contributed by atoms with Gasteiger partial charge in [0, 0.05) is 18.7 Å². The Labute approximate surface area is 98.5 Å². The van der Waals surface area contributed by atoms with Gasteiger partial charge < -0.3 is 5.11 Å². The van der Waals surface area contributed by atoms with E-state index in [1.807, 2.05) is 12.1 Å². The van der Waals surface area contributed by atoms with Crippen molar-refractivity contribution in [3.05, 3.63) is 53.3 Å². The Kier molecular flexibility index (Phi) is 2.21. The third kappa shape index (κ3) is 1.62. The minimum Gasteiger partial charge on any atom is -0.477 e. The number of aromatic nitrogens is 2. The molecule has 1 aliphatic carbocycles. The van der Waals surface area contributed by atoms with Crippen molar-refractivity contribution in [3.8, 4) is 0 Å². The molecule has 1 N–H and O–H groups in total. The van der Waals surface area contributed by atoms with Gasteiger partial charge in [0.05, 0.1) is 0 Å². The molecule has 2 aromatic rings. The fraction of sp³-hybridized carbons (Fsp3) is 0.231. The maximum atomic E-state index is 11.0. The Hall–Kier alpha value is -2.10. The zero-order valence-corrected chi connectivity index (χ0v) is 9.21. The van der Waals surface area contributed by atoms with Crippen LogP contribution in [0.3, 0.4) is 0 Å². The average Bonchev–Trinajstić information content (AvgIpc) is 2.74. The smallest absolute Gasteiger partial charge is 0.354 e. The van der Waals surface area contributed by atoms with Crippen molar-refractivity contribution < 1.29 is 9.90 Å². The fourth-order valence-electron chi connectivity index (χ4n) is 2.39. The molecule has 1 atom stereocenters. The van der Waals surface area contributed by atoms with Crippen LogP contribution in [-0.2, 0) is 13.0 Å². The molecule has 1 aliphatic rings. The molecule has 0 fully saturated rings. The van der Waals surface area contributed by atoms with Gasteiger partial charge in [0.2, 0.25) is 0 Å². The summed E-state index contributed by atoms with van der Waals surface area (Å²) in [5.74, 6) is -0.528. The van der Waals surface area contributed by atoms with E-state index in [1.54, 1.807) is 4.68 Å². The van der Waals surface area contributed by atoms with Crippen molar-refractivity contribution in [2.24, 2.45) is 0 Å². The second-order valence-corrected chi connectivity index (χ2v) is 4.30. The molecule has 0 saturated carbocycles. The Morgan fingerprint density at radius 3 is 3.00 bits per heavy atom. The summed E-state index contributed by atoms with van der Waals surface area (Å²) in [5, 5.41) is 13.1. The summed E-state index contributed by atoms with van der Waals surface area (Å²) in [6, 6.07) is 9.81. The fourth-order valence-corrected chi connectivity index (χ4v) is 2.39. The van der Waals surface area contributed by atoms with Crippen molar-refractivity contribution in [1.82, 2.24) is 9.78 Å². The number of hydrogen-bond donors (Lipinski definition) is 1. The molecule has 0 aliphatic heterocycles. The van der Waals surface area contributed by atoms with E-state index in [0.717, 1.165) is 6.42 Å². The van der Waals surface area contributed by atoms with Gasteiger partial charge in [0.15, 0.2) is 0 Å². The zero-order valence-electron chi connectivity index (χ0n) is 9.21. The molecule has 1 aromatic heterocycles. The minimum absolute atomic E-state index is 0.259. The van der Waals surface area contributed by atoms with Crippen LogP contribution in [0.2, 0.25) is 0 Å². The number of aromatic carboxylic acids is 1. The lowest BCUT2D eigenvalue weighted by molar-refractivity contribution is 0.0682. The number of nitrogens with zero attached hydrogens (tertiary/aromatic N) is 2. The maximum Gasteiger partial charge on any atom is 0.354 e. The quantitative estimate of drug-likeness (QED) is 0.873. The van der Waals surface area contributed by atoms with Crippen molar-refractivity contribution in [2.45, 2.75) is 18.9 Å². The molecule has 0 radical (unpaired) electrons. The first-order chi connectivity index (χ1) is 8.25. The molecule has 1 aromatic carbocycles. The van der Waals surface area contributed by atoms with E-state index in [0.29, 0.717) is 12.5 Å². The lowest BCUT2D eigenvalue weighted by Crippen LogP contribution is -2.24. The average molecular weight is 228 g/mol. The van der Waals surface area contributed by atoms with Gasteiger partial charge in [-0.05, 0) is 23.6 Å². The highest BCUT2D eigenvalue weighted by Gasteiger charge is 2.27. The van der Waals surface area contributed by atoms with Crippen molar-refractivity contribution in [1.29, 1.82) is 0 Å². The van der Waals surface area contributed by atoms with Crippen molar-refractivity contribution in [2.75, 3.05) is 0 Å². The van der Waals surface area contributed by atoms with Gasteiger partial charge in [-0.3, -0.25) is 4.68 Å². The van der Waals surface area contributed by atoms with E-state index in [1.165, 1.54) is 23.4 Å². The summed E-state index contributed by atoms with van der Waals surface area (Å²) in [4.78, 5) is 11.0. The molecular formula is C13H12N2O2. The third-order valence-electron chi connectivity index (χ3n) is 3.29. The van der Waals surface area contributed by atoms with E-state index in [2.05, 4.69) is 17.2 Å². The van der Waals surface area contributed by atoms with Crippen LogP contribution in [0.1, 0.15) is 27.5 Å². The largest absolute Gasteiger partial charge is 0.477 e. The second-order valence-electron chi connectivity index (χ2n) is 4.30. The predicted molar refractivity (Wildman–Crippen MR) is 62.1 cm³/mol. The molecule has 86 valence electrons. The number of benzene rings is 1. The standard InChI is InChI=1S/C13H12N2O2/c16-13(17)12-5-6-14-15(12)8-10-7-9-3-1-2-4-11(9)10/h1-6,10H,7-8H2,(H,16,17). The molecular weight excluding hydrogens is 216 g/mol. The maximum absolute atomic E-state index is 11.0. The molecule has 4 heteroatoms. The van der Waals surface area contributed by atoms with E-state index in [-0.39, 0.29) is 5.69 Å². The number of carboxylic acid groups (broad SMARTS) is 1. The monoisotopic (exact) mass is 228 g/mol. The summed E-state index contributed by atoms with van der Waals surface area (Å²) in [5.41, 5.74) is 2.94. The lowest BCUT2D eigenvalue weighted by Gasteiger charge is -2.30. The van der Waals surface area contributed by atoms with E-state index >= 15 is 0 Å². The second kappa shape index (κ2) is 3.73. The van der Waals surface area contributed by atoms with Gasteiger partial charge >= 0.3 is 5.97 Å². The van der Waals surface area contributed by atoms with Gasteiger partial charge in [0.25, 0.3) is 0 Å². The van der Waals surface area contributed by atoms with Gasteiger partial charge in [0.1, 0.15) is 5.69 Å². The van der Waals surface area contributed by atoms with E-state index in [4.69, 9.17) is 5.11 Å². The molecule has 3 rings (SSSR count). The van der Waals surface area contributed by atoms with Crippen LogP contribution in [0, 0.1) is 0 Å². The Morgan fingerprint density at radius 1 is 1.41 bits per heavy atom. The first-order valence-corrected chi connectivity index (χ1v) is 5.58. The number of carbonyl (C=O) groups is 1. The normalized spacial score (nSPS) is 17.3.